The molecule has 0 saturated carbocycles. The number of allylic oxidation sites excluding steroid dienone is 4. The van der Waals surface area contributed by atoms with E-state index < -0.39 is 0 Å². The van der Waals surface area contributed by atoms with Crippen molar-refractivity contribution in [3.05, 3.63) is 91.5 Å². The Morgan fingerprint density at radius 1 is 0.895 bits per heavy atom. The van der Waals surface area contributed by atoms with Crippen LogP contribution in [-0.4, -0.2) is 0 Å². The molecule has 0 aliphatic heterocycles. The van der Waals surface area contributed by atoms with Crippen LogP contribution in [0.25, 0.3) is 5.57 Å². The van der Waals surface area contributed by atoms with Crippen LogP contribution in [0.5, 0.6) is 0 Å². The third-order valence-electron chi connectivity index (χ3n) is 2.80. The van der Waals surface area contributed by atoms with Crippen LogP contribution < -0.4 is 5.32 Å². The highest BCUT2D eigenvalue weighted by Crippen LogP contribution is 2.21. The zero-order valence-electron chi connectivity index (χ0n) is 10.8. The van der Waals surface area contributed by atoms with Gasteiger partial charge in [-0.2, -0.15) is 0 Å². The number of anilines is 2. The Balaban J connectivity index is 0.00000200. The molecule has 0 fully saturated rings. The first-order valence-electron chi connectivity index (χ1n) is 6.21. The van der Waals surface area contributed by atoms with Gasteiger partial charge in [-0.1, -0.05) is 61.7 Å². The largest absolute Gasteiger partial charge is 0.356 e. The number of para-hydroxylation sites is 1. The standard InChI is InChI=1S/C18H17N.2H2/c1-3-8-15(4-2)16-11-13-18(14-12-16)19-17-9-6-5-7-10-17;;/h3-14,19H,1-2H2;2*1H/b15-8+;;. The molecule has 2 aromatic carbocycles. The van der Waals surface area contributed by atoms with Crippen LogP contribution in [-0.2, 0) is 0 Å². The summed E-state index contributed by atoms with van der Waals surface area (Å²) in [6.07, 6.45) is 5.56. The summed E-state index contributed by atoms with van der Waals surface area (Å²) < 4.78 is 0. The summed E-state index contributed by atoms with van der Waals surface area (Å²) in [5, 5.41) is 3.35. The van der Waals surface area contributed by atoms with Crippen LogP contribution in [0, 0.1) is 0 Å². The van der Waals surface area contributed by atoms with E-state index >= 15 is 0 Å². The molecule has 0 aromatic heterocycles. The average Bonchev–Trinajstić information content (AvgIpc) is 2.47. The zero-order valence-corrected chi connectivity index (χ0v) is 10.8. The van der Waals surface area contributed by atoms with E-state index in [0.717, 1.165) is 22.5 Å². The van der Waals surface area contributed by atoms with Crippen molar-refractivity contribution in [1.29, 1.82) is 0 Å². The lowest BCUT2D eigenvalue weighted by Crippen LogP contribution is -1.90. The number of hydrogen-bond donors (Lipinski definition) is 1. The molecule has 2 rings (SSSR count). The number of benzene rings is 2. The van der Waals surface area contributed by atoms with Gasteiger partial charge in [-0.15, -0.1) is 0 Å². The first-order chi connectivity index (χ1) is 9.33. The molecule has 0 saturated heterocycles. The maximum atomic E-state index is 3.81. The van der Waals surface area contributed by atoms with E-state index in [4.69, 9.17) is 0 Å². The number of rotatable bonds is 5. The van der Waals surface area contributed by atoms with Crippen molar-refractivity contribution >= 4 is 16.9 Å². The molecule has 1 N–H and O–H groups in total. The fraction of sp³-hybridized carbons (Fsp3) is 0. The lowest BCUT2D eigenvalue weighted by atomic mass is 10.1. The van der Waals surface area contributed by atoms with Crippen molar-refractivity contribution in [2.45, 2.75) is 0 Å². The Morgan fingerprint density at radius 2 is 1.53 bits per heavy atom. The Kier molecular flexibility index (Phi) is 4.35. The van der Waals surface area contributed by atoms with E-state index in [2.05, 4.69) is 42.7 Å². The molecular weight excluding hydrogens is 230 g/mol. The van der Waals surface area contributed by atoms with Crippen molar-refractivity contribution in [3.63, 3.8) is 0 Å². The van der Waals surface area contributed by atoms with E-state index in [9.17, 15) is 0 Å². The van der Waals surface area contributed by atoms with E-state index in [0.29, 0.717) is 0 Å². The second kappa shape index (κ2) is 6.41. The van der Waals surface area contributed by atoms with E-state index in [1.807, 2.05) is 42.5 Å². The van der Waals surface area contributed by atoms with Gasteiger partial charge in [-0.3, -0.25) is 0 Å². The summed E-state index contributed by atoms with van der Waals surface area (Å²) in [5.41, 5.74) is 4.35. The van der Waals surface area contributed by atoms with Crippen LogP contribution in [0.1, 0.15) is 8.42 Å². The molecule has 0 spiro atoms. The molecule has 19 heavy (non-hydrogen) atoms. The molecule has 1 heteroatoms. The fourth-order valence-electron chi connectivity index (χ4n) is 1.84. The van der Waals surface area contributed by atoms with Gasteiger partial charge in [0.15, 0.2) is 0 Å². The van der Waals surface area contributed by atoms with Crippen molar-refractivity contribution in [3.8, 4) is 0 Å². The summed E-state index contributed by atoms with van der Waals surface area (Å²) in [6.45, 7) is 7.53. The Labute approximate surface area is 117 Å². The summed E-state index contributed by atoms with van der Waals surface area (Å²) in [4.78, 5) is 0. The zero-order chi connectivity index (χ0) is 13.5. The molecule has 0 amide bonds. The first kappa shape index (κ1) is 12.9. The van der Waals surface area contributed by atoms with Gasteiger partial charge in [-0.05, 0) is 35.4 Å². The lowest BCUT2D eigenvalue weighted by molar-refractivity contribution is 1.53. The maximum absolute atomic E-state index is 3.81. The van der Waals surface area contributed by atoms with Crippen molar-refractivity contribution in [2.75, 3.05) is 5.32 Å². The molecule has 0 aliphatic rings. The highest BCUT2D eigenvalue weighted by atomic mass is 14.9. The summed E-state index contributed by atoms with van der Waals surface area (Å²) >= 11 is 0. The van der Waals surface area contributed by atoms with Crippen molar-refractivity contribution in [1.82, 2.24) is 0 Å². The highest BCUT2D eigenvalue weighted by molar-refractivity contribution is 5.76. The van der Waals surface area contributed by atoms with Crippen molar-refractivity contribution < 1.29 is 2.85 Å². The van der Waals surface area contributed by atoms with Gasteiger partial charge < -0.3 is 5.32 Å². The smallest absolute Gasteiger partial charge is 0.0384 e. The SMILES string of the molecule is C=C/C=C(\C=C)c1ccc(Nc2ccccc2)cc1.[HH].[HH]. The minimum Gasteiger partial charge on any atom is -0.356 e. The van der Waals surface area contributed by atoms with Gasteiger partial charge in [0, 0.05) is 14.2 Å². The monoisotopic (exact) mass is 251 g/mol. The summed E-state index contributed by atoms with van der Waals surface area (Å²) in [5.74, 6) is 0. The van der Waals surface area contributed by atoms with Gasteiger partial charge in [0.2, 0.25) is 0 Å². The van der Waals surface area contributed by atoms with E-state index in [1.54, 1.807) is 6.08 Å². The minimum absolute atomic E-state index is 0. The Bertz CT molecular complexity index is 586. The number of nitrogens with one attached hydrogen (secondary N) is 1. The molecule has 0 unspecified atom stereocenters. The van der Waals surface area contributed by atoms with Gasteiger partial charge in [-0.25, -0.2) is 0 Å². The average molecular weight is 251 g/mol. The predicted molar refractivity (Wildman–Crippen MR) is 88.8 cm³/mol. The molecule has 0 heterocycles. The van der Waals surface area contributed by atoms with E-state index in [1.165, 1.54) is 0 Å². The quantitative estimate of drug-likeness (QED) is 0.674. The van der Waals surface area contributed by atoms with Gasteiger partial charge in [0.25, 0.3) is 0 Å². The Hall–Kier alpha value is -2.54. The molecular formula is C18H21N. The topological polar surface area (TPSA) is 12.0 Å². The van der Waals surface area contributed by atoms with Gasteiger partial charge in [0.1, 0.15) is 0 Å². The summed E-state index contributed by atoms with van der Waals surface area (Å²) in [7, 11) is 0. The maximum Gasteiger partial charge on any atom is 0.0384 e. The fourth-order valence-corrected chi connectivity index (χ4v) is 1.84. The third-order valence-corrected chi connectivity index (χ3v) is 2.80. The van der Waals surface area contributed by atoms with Crippen LogP contribution in [0.3, 0.4) is 0 Å². The molecule has 0 aliphatic carbocycles. The van der Waals surface area contributed by atoms with Crippen LogP contribution in [0.15, 0.2) is 86.0 Å². The molecule has 2 aromatic rings. The molecule has 0 atom stereocenters. The number of hydrogen-bond acceptors (Lipinski definition) is 1. The first-order valence-corrected chi connectivity index (χ1v) is 6.21. The van der Waals surface area contributed by atoms with Crippen LogP contribution in [0.2, 0.25) is 0 Å². The van der Waals surface area contributed by atoms with E-state index in [-0.39, 0.29) is 2.85 Å². The summed E-state index contributed by atoms with van der Waals surface area (Å²) in [6, 6.07) is 18.4. The highest BCUT2D eigenvalue weighted by Gasteiger charge is 1.98. The van der Waals surface area contributed by atoms with Crippen LogP contribution >= 0.6 is 0 Å². The Morgan fingerprint density at radius 3 is 2.11 bits per heavy atom. The minimum atomic E-state index is 0. The second-order valence-corrected chi connectivity index (χ2v) is 4.13. The predicted octanol–water partition coefficient (Wildman–Crippen LogP) is 5.68. The lowest BCUT2D eigenvalue weighted by Gasteiger charge is -2.07. The normalized spacial score (nSPS) is 10.8. The molecule has 0 radical (unpaired) electrons. The second-order valence-electron chi connectivity index (χ2n) is 4.13. The molecule has 98 valence electrons. The van der Waals surface area contributed by atoms with Crippen LogP contribution in [0.4, 0.5) is 11.4 Å². The molecule has 0 bridgehead atoms. The van der Waals surface area contributed by atoms with Crippen molar-refractivity contribution in [2.24, 2.45) is 0 Å². The molecule has 1 nitrogen and oxygen atoms in total. The third kappa shape index (κ3) is 3.46. The van der Waals surface area contributed by atoms with Gasteiger partial charge in [0.05, 0.1) is 0 Å². The van der Waals surface area contributed by atoms with Gasteiger partial charge >= 0.3 is 0 Å².